The van der Waals surface area contributed by atoms with Gasteiger partial charge in [-0.1, -0.05) is 39.3 Å². The molecule has 3 N–H and O–H groups in total. The van der Waals surface area contributed by atoms with Gasteiger partial charge in [0, 0.05) is 0 Å². The Morgan fingerprint density at radius 2 is 1.82 bits per heavy atom. The van der Waals surface area contributed by atoms with Crippen LogP contribution in [0.3, 0.4) is 0 Å². The zero-order chi connectivity index (χ0) is 16.8. The summed E-state index contributed by atoms with van der Waals surface area (Å²) in [5.74, 6) is -0.440. The second-order valence-corrected chi connectivity index (χ2v) is 7.64. The van der Waals surface area contributed by atoms with Crippen molar-refractivity contribution in [2.24, 2.45) is 11.7 Å². The van der Waals surface area contributed by atoms with Crippen LogP contribution in [0.2, 0.25) is 0 Å². The van der Waals surface area contributed by atoms with E-state index in [-0.39, 0.29) is 10.8 Å². The maximum Gasteiger partial charge on any atom is 0.264 e. The van der Waals surface area contributed by atoms with Crippen molar-refractivity contribution in [3.05, 3.63) is 29.8 Å². The maximum atomic E-state index is 12.2. The smallest absolute Gasteiger partial charge is 0.264 e. The van der Waals surface area contributed by atoms with Gasteiger partial charge in [-0.15, -0.1) is 0 Å². The Bertz CT molecular complexity index is 580. The number of nitrogens with two attached hydrogens (primary N) is 1. The third kappa shape index (κ3) is 5.77. The van der Waals surface area contributed by atoms with Crippen molar-refractivity contribution in [2.45, 2.75) is 57.4 Å². The molecular weight excluding hydrogens is 300 g/mol. The number of rotatable bonds is 8. The van der Waals surface area contributed by atoms with E-state index < -0.39 is 22.0 Å². The summed E-state index contributed by atoms with van der Waals surface area (Å²) in [6.07, 6.45) is 3.51. The van der Waals surface area contributed by atoms with Crippen LogP contribution in [0.4, 0.5) is 0 Å². The molecule has 0 fully saturated rings. The molecule has 6 heteroatoms. The number of carbonyl (C=O) groups excluding carboxylic acids is 1. The number of hydrogen-bond donors (Lipinski definition) is 2. The highest BCUT2D eigenvalue weighted by molar-refractivity contribution is 7.90. The van der Waals surface area contributed by atoms with Crippen LogP contribution in [0.25, 0.3) is 0 Å². The Hall–Kier alpha value is -1.40. The molecule has 124 valence electrons. The molecule has 0 aliphatic heterocycles. The van der Waals surface area contributed by atoms with E-state index >= 15 is 0 Å². The van der Waals surface area contributed by atoms with Crippen LogP contribution in [0.5, 0.6) is 0 Å². The molecular formula is C16H26N2O3S. The first-order valence-corrected chi connectivity index (χ1v) is 9.15. The molecule has 0 aromatic heterocycles. The summed E-state index contributed by atoms with van der Waals surface area (Å²) in [5, 5.41) is 0. The molecule has 0 spiro atoms. The van der Waals surface area contributed by atoms with Gasteiger partial charge in [-0.05, 0) is 42.9 Å². The van der Waals surface area contributed by atoms with Gasteiger partial charge in [0.25, 0.3) is 15.9 Å². The van der Waals surface area contributed by atoms with Gasteiger partial charge in [0.1, 0.15) is 0 Å². The quantitative estimate of drug-likeness (QED) is 0.766. The van der Waals surface area contributed by atoms with E-state index in [0.717, 1.165) is 24.8 Å². The van der Waals surface area contributed by atoms with Crippen LogP contribution in [-0.2, 0) is 21.2 Å². The Balaban J connectivity index is 2.75. The molecule has 1 aromatic rings. The van der Waals surface area contributed by atoms with Crippen molar-refractivity contribution in [3.63, 3.8) is 0 Å². The fourth-order valence-electron chi connectivity index (χ4n) is 2.10. The number of benzene rings is 1. The molecule has 0 saturated carbocycles. The Labute approximate surface area is 133 Å². The maximum absolute atomic E-state index is 12.2. The summed E-state index contributed by atoms with van der Waals surface area (Å²) in [7, 11) is -3.86. The normalized spacial score (nSPS) is 13.1. The summed E-state index contributed by atoms with van der Waals surface area (Å²) in [6, 6.07) is 5.79. The van der Waals surface area contributed by atoms with E-state index in [1.54, 1.807) is 12.1 Å². The number of aryl methyl sites for hydroxylation is 1. The third-order valence-corrected chi connectivity index (χ3v) is 4.71. The molecule has 0 aliphatic carbocycles. The largest absolute Gasteiger partial charge is 0.320 e. The van der Waals surface area contributed by atoms with Gasteiger partial charge in [0.2, 0.25) is 0 Å². The van der Waals surface area contributed by atoms with Crippen molar-refractivity contribution >= 4 is 15.9 Å². The lowest BCUT2D eigenvalue weighted by atomic mass is 10.0. The van der Waals surface area contributed by atoms with Crippen molar-refractivity contribution in [1.29, 1.82) is 0 Å². The van der Waals surface area contributed by atoms with Crippen LogP contribution in [0, 0.1) is 5.92 Å². The SMILES string of the molecule is CCCCc1ccc(S(=O)(=O)NC(=O)[C@@H](N)CC(C)C)cc1. The van der Waals surface area contributed by atoms with E-state index in [1.807, 2.05) is 18.6 Å². The monoisotopic (exact) mass is 326 g/mol. The molecule has 0 radical (unpaired) electrons. The first kappa shape index (κ1) is 18.6. The highest BCUT2D eigenvalue weighted by atomic mass is 32.2. The minimum Gasteiger partial charge on any atom is -0.320 e. The van der Waals surface area contributed by atoms with Gasteiger partial charge in [-0.25, -0.2) is 13.1 Å². The van der Waals surface area contributed by atoms with Crippen LogP contribution < -0.4 is 10.5 Å². The standard InChI is InChI=1S/C16H26N2O3S/c1-4-5-6-13-7-9-14(10-8-13)22(20,21)18-16(19)15(17)11-12(2)3/h7-10,12,15H,4-6,11,17H2,1-3H3,(H,18,19)/t15-/m0/s1. The Morgan fingerprint density at radius 1 is 1.23 bits per heavy atom. The van der Waals surface area contributed by atoms with Gasteiger partial charge >= 0.3 is 0 Å². The third-order valence-electron chi connectivity index (χ3n) is 3.35. The van der Waals surface area contributed by atoms with Crippen LogP contribution in [0.15, 0.2) is 29.2 Å². The number of carbonyl (C=O) groups is 1. The van der Waals surface area contributed by atoms with E-state index in [9.17, 15) is 13.2 Å². The topological polar surface area (TPSA) is 89.3 Å². The highest BCUT2D eigenvalue weighted by Gasteiger charge is 2.22. The van der Waals surface area contributed by atoms with Crippen LogP contribution in [-0.4, -0.2) is 20.4 Å². The van der Waals surface area contributed by atoms with E-state index in [4.69, 9.17) is 5.73 Å². The summed E-state index contributed by atoms with van der Waals surface area (Å²) < 4.78 is 26.4. The van der Waals surface area contributed by atoms with Crippen LogP contribution in [0.1, 0.15) is 45.6 Å². The number of hydrogen-bond acceptors (Lipinski definition) is 4. The average molecular weight is 326 g/mol. The molecule has 0 bridgehead atoms. The molecule has 1 amide bonds. The van der Waals surface area contributed by atoms with Crippen molar-refractivity contribution in [1.82, 2.24) is 4.72 Å². The number of sulfonamides is 1. The lowest BCUT2D eigenvalue weighted by Gasteiger charge is -2.14. The van der Waals surface area contributed by atoms with E-state index in [1.165, 1.54) is 12.1 Å². The fourth-order valence-corrected chi connectivity index (χ4v) is 3.13. The van der Waals surface area contributed by atoms with Gasteiger partial charge in [0.05, 0.1) is 10.9 Å². The molecule has 1 atom stereocenters. The van der Waals surface area contributed by atoms with E-state index in [0.29, 0.717) is 6.42 Å². The van der Waals surface area contributed by atoms with Crippen molar-refractivity contribution in [2.75, 3.05) is 0 Å². The van der Waals surface area contributed by atoms with Gasteiger partial charge in [-0.2, -0.15) is 0 Å². The highest BCUT2D eigenvalue weighted by Crippen LogP contribution is 2.13. The number of amides is 1. The van der Waals surface area contributed by atoms with Gasteiger partial charge in [0.15, 0.2) is 0 Å². The minimum absolute atomic E-state index is 0.0813. The molecule has 22 heavy (non-hydrogen) atoms. The lowest BCUT2D eigenvalue weighted by Crippen LogP contribution is -2.43. The lowest BCUT2D eigenvalue weighted by molar-refractivity contribution is -0.120. The Kier molecular flexibility index (Phi) is 7.03. The molecule has 0 saturated heterocycles. The first-order valence-electron chi connectivity index (χ1n) is 7.67. The van der Waals surface area contributed by atoms with Gasteiger partial charge < -0.3 is 5.73 Å². The number of unbranched alkanes of at least 4 members (excludes halogenated alkanes) is 1. The predicted molar refractivity (Wildman–Crippen MR) is 87.8 cm³/mol. The average Bonchev–Trinajstić information content (AvgIpc) is 2.44. The number of nitrogens with one attached hydrogen (secondary N) is 1. The summed E-state index contributed by atoms with van der Waals surface area (Å²) >= 11 is 0. The molecule has 0 unspecified atom stereocenters. The van der Waals surface area contributed by atoms with Crippen molar-refractivity contribution < 1.29 is 13.2 Å². The van der Waals surface area contributed by atoms with Gasteiger partial charge in [-0.3, -0.25) is 4.79 Å². The molecule has 5 nitrogen and oxygen atoms in total. The summed E-state index contributed by atoms with van der Waals surface area (Å²) in [4.78, 5) is 11.9. The zero-order valence-electron chi connectivity index (χ0n) is 13.5. The molecule has 1 aromatic carbocycles. The Morgan fingerprint density at radius 3 is 2.32 bits per heavy atom. The molecule has 1 rings (SSSR count). The van der Waals surface area contributed by atoms with Crippen molar-refractivity contribution in [3.8, 4) is 0 Å². The molecule has 0 heterocycles. The summed E-state index contributed by atoms with van der Waals surface area (Å²) in [6.45, 7) is 5.96. The second kappa shape index (κ2) is 8.29. The summed E-state index contributed by atoms with van der Waals surface area (Å²) in [5.41, 5.74) is 6.79. The predicted octanol–water partition coefficient (Wildman–Crippen LogP) is 2.21. The molecule has 0 aliphatic rings. The zero-order valence-corrected chi connectivity index (χ0v) is 14.3. The fraction of sp³-hybridized carbons (Fsp3) is 0.562. The first-order chi connectivity index (χ1) is 10.3. The minimum atomic E-state index is -3.86. The second-order valence-electron chi connectivity index (χ2n) is 5.95. The van der Waals surface area contributed by atoms with Crippen LogP contribution >= 0.6 is 0 Å². The van der Waals surface area contributed by atoms with E-state index in [2.05, 4.69) is 6.92 Å².